The zero-order chi connectivity index (χ0) is 28.6. The Bertz CT molecular complexity index is 1630. The van der Waals surface area contributed by atoms with Gasteiger partial charge >= 0.3 is 0 Å². The second-order valence-corrected chi connectivity index (χ2v) is 9.38. The summed E-state index contributed by atoms with van der Waals surface area (Å²) in [6.45, 7) is 2.07. The fraction of sp³-hybridized carbons (Fsp3) is 0.241. The molecule has 1 amide bonds. The standard InChI is InChI=1S/C29H26F2N4O5/c1-16-7-8-17(14-32-16)26-33-27(36)24(29(38)35(26)25-22(39-2)5-4-6-23(25)40-3)28(37)34-12-11-18(15-34)20-10-9-19(30)13-21(20)31/h4-10,13-14,18,38H,11-12,15H2,1-3H3. The summed E-state index contributed by atoms with van der Waals surface area (Å²) in [4.78, 5) is 36.8. The highest BCUT2D eigenvalue weighted by Crippen LogP contribution is 2.39. The van der Waals surface area contributed by atoms with E-state index in [1.807, 2.05) is 0 Å². The van der Waals surface area contributed by atoms with Crippen molar-refractivity contribution in [2.24, 2.45) is 0 Å². The molecule has 1 fully saturated rings. The quantitative estimate of drug-likeness (QED) is 0.384. The van der Waals surface area contributed by atoms with Crippen LogP contribution in [0.1, 0.15) is 34.0 Å². The number of carbonyl (C=O) groups excluding carboxylic acids is 1. The SMILES string of the molecule is COc1cccc(OC)c1-n1c(-c2ccc(C)nc2)nc(=O)c(C(=O)N2CCC(c3ccc(F)cc3F)C2)c1O. The number of benzene rings is 2. The smallest absolute Gasteiger partial charge is 0.290 e. The predicted octanol–water partition coefficient (Wildman–Crippen LogP) is 4.23. The van der Waals surface area contributed by atoms with Gasteiger partial charge in [0.25, 0.3) is 11.5 Å². The maximum Gasteiger partial charge on any atom is 0.290 e. The van der Waals surface area contributed by atoms with E-state index < -0.39 is 40.5 Å². The third kappa shape index (κ3) is 4.74. The Hall–Kier alpha value is -4.80. The molecule has 206 valence electrons. The Kier molecular flexibility index (Phi) is 7.20. The molecule has 9 nitrogen and oxygen atoms in total. The summed E-state index contributed by atoms with van der Waals surface area (Å²) >= 11 is 0. The molecule has 0 radical (unpaired) electrons. The van der Waals surface area contributed by atoms with Crippen molar-refractivity contribution in [2.75, 3.05) is 27.3 Å². The first-order chi connectivity index (χ1) is 19.2. The van der Waals surface area contributed by atoms with Gasteiger partial charge in [-0.15, -0.1) is 0 Å². The molecule has 2 aromatic carbocycles. The highest BCUT2D eigenvalue weighted by molar-refractivity contribution is 5.97. The lowest BCUT2D eigenvalue weighted by Crippen LogP contribution is -2.34. The van der Waals surface area contributed by atoms with Crippen molar-refractivity contribution >= 4 is 5.91 Å². The summed E-state index contributed by atoms with van der Waals surface area (Å²) in [6, 6.07) is 11.7. The number of halogens is 2. The normalized spacial score (nSPS) is 14.8. The summed E-state index contributed by atoms with van der Waals surface area (Å²) in [5.41, 5.74) is 0.117. The summed E-state index contributed by atoms with van der Waals surface area (Å²) in [5.74, 6) is -2.65. The maximum absolute atomic E-state index is 14.4. The Labute approximate surface area is 228 Å². The first kappa shape index (κ1) is 26.8. The minimum absolute atomic E-state index is 0.0158. The average molecular weight is 549 g/mol. The van der Waals surface area contributed by atoms with Crippen LogP contribution in [0.3, 0.4) is 0 Å². The number of hydrogen-bond donors (Lipinski definition) is 1. The summed E-state index contributed by atoms with van der Waals surface area (Å²) in [7, 11) is 2.87. The van der Waals surface area contributed by atoms with E-state index in [-0.39, 0.29) is 41.7 Å². The number of nitrogens with zero attached hydrogens (tertiary/aromatic N) is 4. The minimum Gasteiger partial charge on any atom is -0.494 e. The number of amides is 1. The zero-order valence-corrected chi connectivity index (χ0v) is 22.0. The number of methoxy groups -OCH3 is 2. The second kappa shape index (κ2) is 10.8. The van der Waals surface area contributed by atoms with Crippen molar-refractivity contribution in [1.82, 2.24) is 19.4 Å². The van der Waals surface area contributed by atoms with E-state index in [9.17, 15) is 23.5 Å². The highest BCUT2D eigenvalue weighted by atomic mass is 19.1. The van der Waals surface area contributed by atoms with Gasteiger partial charge in [-0.05, 0) is 49.2 Å². The van der Waals surface area contributed by atoms with Crippen LogP contribution in [0.2, 0.25) is 0 Å². The molecular formula is C29H26F2N4O5. The van der Waals surface area contributed by atoms with Crippen molar-refractivity contribution in [3.05, 3.63) is 93.5 Å². The molecule has 4 aromatic rings. The van der Waals surface area contributed by atoms with Crippen molar-refractivity contribution in [3.63, 3.8) is 0 Å². The van der Waals surface area contributed by atoms with E-state index in [2.05, 4.69) is 9.97 Å². The van der Waals surface area contributed by atoms with Gasteiger partial charge in [-0.2, -0.15) is 4.98 Å². The van der Waals surface area contributed by atoms with Crippen molar-refractivity contribution in [3.8, 4) is 34.5 Å². The molecule has 3 heterocycles. The molecule has 0 bridgehead atoms. The van der Waals surface area contributed by atoms with Crippen LogP contribution in [0.15, 0.2) is 59.5 Å². The average Bonchev–Trinajstić information content (AvgIpc) is 3.43. The van der Waals surface area contributed by atoms with Gasteiger partial charge in [-0.25, -0.2) is 8.78 Å². The number of aromatic nitrogens is 3. The number of aromatic hydroxyl groups is 1. The van der Waals surface area contributed by atoms with Crippen molar-refractivity contribution in [2.45, 2.75) is 19.3 Å². The highest BCUT2D eigenvalue weighted by Gasteiger charge is 2.34. The molecular weight excluding hydrogens is 522 g/mol. The van der Waals surface area contributed by atoms with Crippen LogP contribution >= 0.6 is 0 Å². The van der Waals surface area contributed by atoms with Crippen molar-refractivity contribution < 1.29 is 28.2 Å². The number of likely N-dealkylation sites (tertiary alicyclic amines) is 1. The van der Waals surface area contributed by atoms with Gasteiger partial charge in [0.1, 0.15) is 28.8 Å². The number of aryl methyl sites for hydroxylation is 1. The van der Waals surface area contributed by atoms with Crippen LogP contribution in [-0.4, -0.2) is 57.8 Å². The molecule has 5 rings (SSSR count). The molecule has 0 aliphatic carbocycles. The third-order valence-electron chi connectivity index (χ3n) is 6.96. The first-order valence-corrected chi connectivity index (χ1v) is 12.5. The monoisotopic (exact) mass is 548 g/mol. The van der Waals surface area contributed by atoms with E-state index in [1.54, 1.807) is 37.3 Å². The Morgan fingerprint density at radius 1 is 1.07 bits per heavy atom. The molecule has 1 N–H and O–H groups in total. The summed E-state index contributed by atoms with van der Waals surface area (Å²) in [5, 5.41) is 11.6. The molecule has 2 aromatic heterocycles. The van der Waals surface area contributed by atoms with Crippen molar-refractivity contribution in [1.29, 1.82) is 0 Å². The second-order valence-electron chi connectivity index (χ2n) is 9.38. The van der Waals surface area contributed by atoms with Gasteiger partial charge in [0.15, 0.2) is 11.4 Å². The topological polar surface area (TPSA) is 107 Å². The molecule has 1 saturated heterocycles. The van der Waals surface area contributed by atoms with Crippen LogP contribution in [0.25, 0.3) is 17.1 Å². The van der Waals surface area contributed by atoms with Gasteiger partial charge in [0.2, 0.25) is 5.88 Å². The predicted molar refractivity (Wildman–Crippen MR) is 142 cm³/mol. The number of carbonyl (C=O) groups is 1. The molecule has 1 aliphatic rings. The summed E-state index contributed by atoms with van der Waals surface area (Å²) in [6.07, 6.45) is 1.89. The van der Waals surface area contributed by atoms with Gasteiger partial charge in [-0.1, -0.05) is 12.1 Å². The summed E-state index contributed by atoms with van der Waals surface area (Å²) < 4.78 is 40.1. The lowest BCUT2D eigenvalue weighted by molar-refractivity contribution is 0.0784. The number of ether oxygens (including phenoxy) is 2. The Balaban J connectivity index is 1.64. The third-order valence-corrected chi connectivity index (χ3v) is 6.96. The molecule has 40 heavy (non-hydrogen) atoms. The van der Waals surface area contributed by atoms with Crippen LogP contribution in [0.4, 0.5) is 8.78 Å². The Morgan fingerprint density at radius 2 is 1.80 bits per heavy atom. The van der Waals surface area contributed by atoms with E-state index in [1.165, 1.54) is 35.9 Å². The van der Waals surface area contributed by atoms with E-state index in [4.69, 9.17) is 9.47 Å². The zero-order valence-electron chi connectivity index (χ0n) is 22.0. The van der Waals surface area contributed by atoms with Gasteiger partial charge < -0.3 is 19.5 Å². The Morgan fingerprint density at radius 3 is 2.42 bits per heavy atom. The molecule has 11 heteroatoms. The lowest BCUT2D eigenvalue weighted by atomic mass is 9.98. The molecule has 0 spiro atoms. The van der Waals surface area contributed by atoms with E-state index in [0.29, 0.717) is 12.0 Å². The molecule has 1 aliphatic heterocycles. The van der Waals surface area contributed by atoms with E-state index >= 15 is 0 Å². The molecule has 1 unspecified atom stereocenters. The van der Waals surface area contributed by atoms with Gasteiger partial charge in [0.05, 0.1) is 14.2 Å². The van der Waals surface area contributed by atoms with E-state index in [0.717, 1.165) is 17.8 Å². The number of rotatable bonds is 6. The molecule has 0 saturated carbocycles. The van der Waals surface area contributed by atoms with Crippen LogP contribution in [0.5, 0.6) is 17.4 Å². The van der Waals surface area contributed by atoms with Crippen LogP contribution in [0, 0.1) is 18.6 Å². The fourth-order valence-corrected chi connectivity index (χ4v) is 4.94. The first-order valence-electron chi connectivity index (χ1n) is 12.5. The lowest BCUT2D eigenvalue weighted by Gasteiger charge is -2.22. The number of pyridine rings is 1. The fourth-order valence-electron chi connectivity index (χ4n) is 4.94. The van der Waals surface area contributed by atoms with Gasteiger partial charge in [-0.3, -0.25) is 19.1 Å². The number of hydrogen-bond acceptors (Lipinski definition) is 7. The largest absolute Gasteiger partial charge is 0.494 e. The molecule has 1 atom stereocenters. The van der Waals surface area contributed by atoms with Crippen LogP contribution in [-0.2, 0) is 0 Å². The maximum atomic E-state index is 14.4. The number of para-hydroxylation sites is 1. The van der Waals surface area contributed by atoms with Gasteiger partial charge in [0, 0.05) is 42.5 Å². The minimum atomic E-state index is -0.945. The van der Waals surface area contributed by atoms with Crippen LogP contribution < -0.4 is 15.0 Å².